The quantitative estimate of drug-likeness (QED) is 0.658. The summed E-state index contributed by atoms with van der Waals surface area (Å²) in [5, 5.41) is 8.67. The van der Waals surface area contributed by atoms with Gasteiger partial charge in [-0.15, -0.1) is 5.10 Å². The van der Waals surface area contributed by atoms with E-state index in [1.54, 1.807) is 24.7 Å². The van der Waals surface area contributed by atoms with E-state index in [9.17, 15) is 4.79 Å². The first-order valence-electron chi connectivity index (χ1n) is 6.63. The van der Waals surface area contributed by atoms with E-state index >= 15 is 0 Å². The van der Waals surface area contributed by atoms with E-state index in [1.165, 1.54) is 4.68 Å². The van der Waals surface area contributed by atoms with E-state index in [-0.39, 0.29) is 5.56 Å². The largest absolute Gasteiger partial charge is 0.337 e. The number of rotatable bonds is 5. The van der Waals surface area contributed by atoms with Crippen LogP contribution in [0.5, 0.6) is 0 Å². The fourth-order valence-electron chi connectivity index (χ4n) is 2.14. The number of aromatic nitrogens is 5. The molecule has 20 heavy (non-hydrogen) atoms. The van der Waals surface area contributed by atoms with Crippen LogP contribution >= 0.6 is 0 Å². The SMILES string of the molecule is O=c1c2ccccc2nnn1CCCCn1ccnc1. The maximum atomic E-state index is 12.2. The van der Waals surface area contributed by atoms with E-state index in [0.717, 1.165) is 19.4 Å². The number of hydrogen-bond acceptors (Lipinski definition) is 4. The molecule has 2 aromatic heterocycles. The van der Waals surface area contributed by atoms with Gasteiger partial charge >= 0.3 is 0 Å². The van der Waals surface area contributed by atoms with E-state index in [2.05, 4.69) is 15.3 Å². The summed E-state index contributed by atoms with van der Waals surface area (Å²) in [6.07, 6.45) is 7.34. The summed E-state index contributed by atoms with van der Waals surface area (Å²) < 4.78 is 3.46. The third-order valence-corrected chi connectivity index (χ3v) is 3.22. The highest BCUT2D eigenvalue weighted by atomic mass is 16.1. The number of nitrogens with zero attached hydrogens (tertiary/aromatic N) is 5. The number of aryl methyl sites for hydroxylation is 2. The van der Waals surface area contributed by atoms with Gasteiger partial charge < -0.3 is 4.57 Å². The van der Waals surface area contributed by atoms with Crippen LogP contribution in [0.1, 0.15) is 12.8 Å². The summed E-state index contributed by atoms with van der Waals surface area (Å²) in [6.45, 7) is 1.49. The van der Waals surface area contributed by atoms with Crippen molar-refractivity contribution in [2.45, 2.75) is 25.9 Å². The molecule has 6 heteroatoms. The smallest absolute Gasteiger partial charge is 0.277 e. The van der Waals surface area contributed by atoms with E-state index < -0.39 is 0 Å². The van der Waals surface area contributed by atoms with E-state index in [0.29, 0.717) is 17.4 Å². The molecule has 2 heterocycles. The zero-order chi connectivity index (χ0) is 13.8. The van der Waals surface area contributed by atoms with Crippen LogP contribution in [-0.2, 0) is 13.1 Å². The summed E-state index contributed by atoms with van der Waals surface area (Å²) in [5.74, 6) is 0. The summed E-state index contributed by atoms with van der Waals surface area (Å²) in [4.78, 5) is 16.2. The normalized spacial score (nSPS) is 11.0. The van der Waals surface area contributed by atoms with Gasteiger partial charge in [-0.1, -0.05) is 17.3 Å². The Hall–Kier alpha value is -2.50. The number of imidazole rings is 1. The van der Waals surface area contributed by atoms with Crippen molar-refractivity contribution in [1.29, 1.82) is 0 Å². The topological polar surface area (TPSA) is 65.6 Å². The lowest BCUT2D eigenvalue weighted by Crippen LogP contribution is -2.24. The maximum absolute atomic E-state index is 12.2. The van der Waals surface area contributed by atoms with Crippen molar-refractivity contribution in [1.82, 2.24) is 24.5 Å². The van der Waals surface area contributed by atoms with Crippen molar-refractivity contribution in [3.8, 4) is 0 Å². The highest BCUT2D eigenvalue weighted by Crippen LogP contribution is 2.04. The van der Waals surface area contributed by atoms with Gasteiger partial charge in [-0.2, -0.15) is 0 Å². The second-order valence-electron chi connectivity index (χ2n) is 4.64. The second-order valence-corrected chi connectivity index (χ2v) is 4.64. The molecule has 0 bridgehead atoms. The van der Waals surface area contributed by atoms with Crippen LogP contribution in [0, 0.1) is 0 Å². The zero-order valence-corrected chi connectivity index (χ0v) is 11.0. The predicted molar refractivity (Wildman–Crippen MR) is 75.3 cm³/mol. The Kier molecular flexibility index (Phi) is 3.54. The Morgan fingerprint density at radius 3 is 2.80 bits per heavy atom. The van der Waals surface area contributed by atoms with Crippen molar-refractivity contribution >= 4 is 10.9 Å². The molecule has 3 rings (SSSR count). The van der Waals surface area contributed by atoms with Gasteiger partial charge in [0.2, 0.25) is 0 Å². The summed E-state index contributed by atoms with van der Waals surface area (Å²) in [6, 6.07) is 7.28. The van der Waals surface area contributed by atoms with Crippen LogP contribution < -0.4 is 5.56 Å². The highest BCUT2D eigenvalue weighted by Gasteiger charge is 2.04. The average molecular weight is 269 g/mol. The molecule has 0 aliphatic carbocycles. The molecule has 0 saturated carbocycles. The van der Waals surface area contributed by atoms with E-state index in [1.807, 2.05) is 22.9 Å². The molecule has 0 aliphatic heterocycles. The van der Waals surface area contributed by atoms with Crippen molar-refractivity contribution in [3.63, 3.8) is 0 Å². The maximum Gasteiger partial charge on any atom is 0.277 e. The minimum atomic E-state index is -0.0711. The molecular weight excluding hydrogens is 254 g/mol. The van der Waals surface area contributed by atoms with Crippen molar-refractivity contribution in [2.24, 2.45) is 0 Å². The van der Waals surface area contributed by atoms with Gasteiger partial charge in [-0.3, -0.25) is 4.79 Å². The van der Waals surface area contributed by atoms with Gasteiger partial charge in [0.25, 0.3) is 5.56 Å². The lowest BCUT2D eigenvalue weighted by atomic mass is 10.2. The lowest BCUT2D eigenvalue weighted by molar-refractivity contribution is 0.490. The third-order valence-electron chi connectivity index (χ3n) is 3.22. The summed E-state index contributed by atoms with van der Waals surface area (Å²) in [7, 11) is 0. The van der Waals surface area contributed by atoms with Crippen molar-refractivity contribution in [3.05, 3.63) is 53.3 Å². The molecule has 102 valence electrons. The first-order chi connectivity index (χ1) is 9.84. The Morgan fingerprint density at radius 2 is 1.95 bits per heavy atom. The van der Waals surface area contributed by atoms with Crippen molar-refractivity contribution in [2.75, 3.05) is 0 Å². The number of fused-ring (bicyclic) bond motifs is 1. The van der Waals surface area contributed by atoms with Gasteiger partial charge in [0.15, 0.2) is 0 Å². The van der Waals surface area contributed by atoms with Crippen LogP contribution in [-0.4, -0.2) is 24.5 Å². The molecule has 0 aliphatic rings. The fraction of sp³-hybridized carbons (Fsp3) is 0.286. The number of benzene rings is 1. The van der Waals surface area contributed by atoms with Gasteiger partial charge in [0.05, 0.1) is 11.7 Å². The van der Waals surface area contributed by atoms with Gasteiger partial charge in [0, 0.05) is 25.5 Å². The first kappa shape index (κ1) is 12.5. The number of hydrogen-bond donors (Lipinski definition) is 0. The Balaban J connectivity index is 1.66. The van der Waals surface area contributed by atoms with E-state index in [4.69, 9.17) is 0 Å². The number of unbranched alkanes of at least 4 members (excludes halogenated alkanes) is 1. The Labute approximate surface area is 115 Å². The molecule has 0 unspecified atom stereocenters. The molecule has 0 fully saturated rings. The fourth-order valence-corrected chi connectivity index (χ4v) is 2.14. The molecule has 0 saturated heterocycles. The zero-order valence-electron chi connectivity index (χ0n) is 11.0. The molecule has 1 aromatic carbocycles. The van der Waals surface area contributed by atoms with Gasteiger partial charge in [-0.05, 0) is 25.0 Å². The van der Waals surface area contributed by atoms with Crippen LogP contribution in [0.25, 0.3) is 10.9 Å². The summed E-state index contributed by atoms with van der Waals surface area (Å²) in [5.41, 5.74) is 0.574. The molecule has 0 atom stereocenters. The standard InChI is InChI=1S/C14H15N5O/c20-14-12-5-1-2-6-13(12)16-17-19(14)9-4-3-8-18-10-7-15-11-18/h1-2,5-7,10-11H,3-4,8-9H2. The third kappa shape index (κ3) is 2.59. The van der Waals surface area contributed by atoms with Crippen LogP contribution in [0.15, 0.2) is 47.8 Å². The predicted octanol–water partition coefficient (Wildman–Crippen LogP) is 1.47. The highest BCUT2D eigenvalue weighted by molar-refractivity contribution is 5.76. The Bertz CT molecular complexity index is 748. The summed E-state index contributed by atoms with van der Waals surface area (Å²) >= 11 is 0. The molecule has 6 nitrogen and oxygen atoms in total. The second kappa shape index (κ2) is 5.64. The minimum absolute atomic E-state index is 0.0711. The van der Waals surface area contributed by atoms with Gasteiger partial charge in [0.1, 0.15) is 5.52 Å². The molecule has 0 radical (unpaired) electrons. The van der Waals surface area contributed by atoms with Crippen LogP contribution in [0.2, 0.25) is 0 Å². The molecular formula is C14H15N5O. The minimum Gasteiger partial charge on any atom is -0.337 e. The van der Waals surface area contributed by atoms with Gasteiger partial charge in [-0.25, -0.2) is 9.67 Å². The van der Waals surface area contributed by atoms with Crippen molar-refractivity contribution < 1.29 is 0 Å². The molecule has 0 amide bonds. The monoisotopic (exact) mass is 269 g/mol. The Morgan fingerprint density at radius 1 is 1.10 bits per heavy atom. The molecule has 3 aromatic rings. The molecule has 0 spiro atoms. The first-order valence-corrected chi connectivity index (χ1v) is 6.63. The lowest BCUT2D eigenvalue weighted by Gasteiger charge is -2.05. The molecule has 0 N–H and O–H groups in total. The average Bonchev–Trinajstić information content (AvgIpc) is 2.99. The van der Waals surface area contributed by atoms with Crippen LogP contribution in [0.3, 0.4) is 0 Å². The van der Waals surface area contributed by atoms with Crippen LogP contribution in [0.4, 0.5) is 0 Å².